The highest BCUT2D eigenvalue weighted by atomic mass is 35.5. The molecule has 0 spiro atoms. The van der Waals surface area contributed by atoms with Crippen LogP contribution in [0.3, 0.4) is 0 Å². The van der Waals surface area contributed by atoms with Crippen LogP contribution in [0.1, 0.15) is 15.9 Å². The van der Waals surface area contributed by atoms with Crippen LogP contribution in [0.4, 0.5) is 15.9 Å². The zero-order chi connectivity index (χ0) is 16.3. The quantitative estimate of drug-likeness (QED) is 0.848. The van der Waals surface area contributed by atoms with E-state index in [9.17, 15) is 9.18 Å². The molecule has 0 aliphatic rings. The molecule has 1 amide bonds. The van der Waals surface area contributed by atoms with Gasteiger partial charge in [0.1, 0.15) is 11.6 Å². The van der Waals surface area contributed by atoms with Gasteiger partial charge in [-0.25, -0.2) is 9.37 Å². The largest absolute Gasteiger partial charge is 0.396 e. The van der Waals surface area contributed by atoms with Gasteiger partial charge in [0.05, 0.1) is 11.3 Å². The van der Waals surface area contributed by atoms with E-state index < -0.39 is 11.7 Å². The molecule has 116 valence electrons. The van der Waals surface area contributed by atoms with Gasteiger partial charge in [0.2, 0.25) is 0 Å². The molecule has 0 fully saturated rings. The number of aromatic nitrogens is 1. The van der Waals surface area contributed by atoms with Crippen LogP contribution in [0, 0.1) is 5.82 Å². The van der Waals surface area contributed by atoms with Gasteiger partial charge in [-0.1, -0.05) is 17.7 Å². The minimum Gasteiger partial charge on any atom is -0.396 e. The second kappa shape index (κ2) is 6.62. The molecule has 1 aromatic heterocycles. The van der Waals surface area contributed by atoms with E-state index in [-0.39, 0.29) is 22.8 Å². The van der Waals surface area contributed by atoms with E-state index in [0.29, 0.717) is 0 Å². The summed E-state index contributed by atoms with van der Waals surface area (Å²) < 4.78 is 13.5. The Bertz CT molecular complexity index is 706. The lowest BCUT2D eigenvalue weighted by Crippen LogP contribution is -2.25. The number of hydrogen-bond donors (Lipinski definition) is 2. The lowest BCUT2D eigenvalue weighted by molar-refractivity contribution is 0.0951. The Kier molecular flexibility index (Phi) is 4.82. The molecule has 3 N–H and O–H groups in total. The van der Waals surface area contributed by atoms with Crippen molar-refractivity contribution >= 4 is 29.0 Å². The van der Waals surface area contributed by atoms with Crippen molar-refractivity contribution in [1.82, 2.24) is 10.3 Å². The number of carbonyl (C=O) groups is 1. The average molecular weight is 323 g/mol. The molecule has 22 heavy (non-hydrogen) atoms. The molecule has 2 aromatic rings. The number of amides is 1. The third-order valence-electron chi connectivity index (χ3n) is 3.07. The van der Waals surface area contributed by atoms with Crippen molar-refractivity contribution in [2.24, 2.45) is 0 Å². The third-order valence-corrected chi connectivity index (χ3v) is 3.29. The highest BCUT2D eigenvalue weighted by Gasteiger charge is 2.15. The summed E-state index contributed by atoms with van der Waals surface area (Å²) in [7, 11) is 3.72. The van der Waals surface area contributed by atoms with E-state index in [1.54, 1.807) is 12.3 Å². The number of nitrogen functional groups attached to an aromatic ring is 1. The lowest BCUT2D eigenvalue weighted by atomic mass is 10.1. The Morgan fingerprint density at radius 2 is 2.18 bits per heavy atom. The van der Waals surface area contributed by atoms with E-state index in [2.05, 4.69) is 10.3 Å². The number of rotatable bonds is 4. The van der Waals surface area contributed by atoms with Crippen LogP contribution in [-0.4, -0.2) is 25.0 Å². The number of anilines is 2. The van der Waals surface area contributed by atoms with Gasteiger partial charge in [-0.15, -0.1) is 0 Å². The molecule has 0 radical (unpaired) electrons. The number of carbonyl (C=O) groups excluding carboxylic acids is 1. The third kappa shape index (κ3) is 3.46. The van der Waals surface area contributed by atoms with Gasteiger partial charge in [0.15, 0.2) is 0 Å². The minimum atomic E-state index is -0.715. The summed E-state index contributed by atoms with van der Waals surface area (Å²) in [4.78, 5) is 18.3. The molecular formula is C15H16ClFN4O. The molecule has 0 aliphatic carbocycles. The number of nitrogens with one attached hydrogen (secondary N) is 1. The first kappa shape index (κ1) is 16.0. The second-order valence-corrected chi connectivity index (χ2v) is 5.35. The molecule has 0 atom stereocenters. The first-order valence-electron chi connectivity index (χ1n) is 6.54. The van der Waals surface area contributed by atoms with Crippen molar-refractivity contribution < 1.29 is 9.18 Å². The molecule has 5 nitrogen and oxygen atoms in total. The molecule has 0 unspecified atom stereocenters. The Labute approximate surface area is 132 Å². The van der Waals surface area contributed by atoms with Crippen LogP contribution in [-0.2, 0) is 6.54 Å². The van der Waals surface area contributed by atoms with Gasteiger partial charge in [0, 0.05) is 37.4 Å². The minimum absolute atomic E-state index is 0.0142. The normalized spacial score (nSPS) is 10.4. The maximum absolute atomic E-state index is 13.5. The first-order chi connectivity index (χ1) is 10.4. The number of pyridine rings is 1. The molecule has 1 aromatic carbocycles. The molecule has 0 saturated carbocycles. The molecule has 0 saturated heterocycles. The van der Waals surface area contributed by atoms with E-state index in [1.807, 2.05) is 25.1 Å². The van der Waals surface area contributed by atoms with Gasteiger partial charge in [-0.3, -0.25) is 4.79 Å². The summed E-state index contributed by atoms with van der Waals surface area (Å²) in [6, 6.07) is 6.04. The predicted octanol–water partition coefficient (Wildman–Crippen LogP) is 2.45. The van der Waals surface area contributed by atoms with Crippen LogP contribution in [0.25, 0.3) is 0 Å². The van der Waals surface area contributed by atoms with Crippen molar-refractivity contribution in [2.45, 2.75) is 6.54 Å². The fraction of sp³-hybridized carbons (Fsp3) is 0.200. The summed E-state index contributed by atoms with van der Waals surface area (Å²) in [6.45, 7) is 0.244. The van der Waals surface area contributed by atoms with Crippen LogP contribution in [0.5, 0.6) is 0 Å². The Hall–Kier alpha value is -2.34. The monoisotopic (exact) mass is 322 g/mol. The first-order valence-corrected chi connectivity index (χ1v) is 6.92. The highest BCUT2D eigenvalue weighted by molar-refractivity contribution is 6.31. The maximum Gasteiger partial charge on any atom is 0.253 e. The topological polar surface area (TPSA) is 71.2 Å². The second-order valence-electron chi connectivity index (χ2n) is 4.91. The summed E-state index contributed by atoms with van der Waals surface area (Å²) in [6.07, 6.45) is 1.67. The Morgan fingerprint density at radius 1 is 1.45 bits per heavy atom. The fourth-order valence-electron chi connectivity index (χ4n) is 2.01. The number of benzene rings is 1. The van der Waals surface area contributed by atoms with Crippen LogP contribution < -0.4 is 16.0 Å². The van der Waals surface area contributed by atoms with Crippen LogP contribution in [0.15, 0.2) is 30.5 Å². The molecule has 0 bridgehead atoms. The molecule has 0 aliphatic heterocycles. The van der Waals surface area contributed by atoms with Gasteiger partial charge >= 0.3 is 0 Å². The Morgan fingerprint density at radius 3 is 2.86 bits per heavy atom. The average Bonchev–Trinajstić information content (AvgIpc) is 2.48. The summed E-state index contributed by atoms with van der Waals surface area (Å²) in [5, 5.41) is 2.81. The van der Waals surface area contributed by atoms with E-state index in [4.69, 9.17) is 17.3 Å². The summed E-state index contributed by atoms with van der Waals surface area (Å²) in [5.74, 6) is -0.464. The van der Waals surface area contributed by atoms with Crippen molar-refractivity contribution in [1.29, 1.82) is 0 Å². The van der Waals surface area contributed by atoms with Gasteiger partial charge in [0.25, 0.3) is 5.91 Å². The van der Waals surface area contributed by atoms with Crippen molar-refractivity contribution in [3.8, 4) is 0 Å². The van der Waals surface area contributed by atoms with Crippen LogP contribution in [0.2, 0.25) is 5.02 Å². The summed E-state index contributed by atoms with van der Waals surface area (Å²) in [5.41, 5.74) is 6.21. The van der Waals surface area contributed by atoms with E-state index in [0.717, 1.165) is 17.4 Å². The number of nitrogens with zero attached hydrogens (tertiary/aromatic N) is 2. The lowest BCUT2D eigenvalue weighted by Gasteiger charge is -2.16. The zero-order valence-electron chi connectivity index (χ0n) is 12.2. The van der Waals surface area contributed by atoms with Crippen molar-refractivity contribution in [3.63, 3.8) is 0 Å². The highest BCUT2D eigenvalue weighted by Crippen LogP contribution is 2.22. The van der Waals surface area contributed by atoms with Gasteiger partial charge in [-0.2, -0.15) is 0 Å². The van der Waals surface area contributed by atoms with E-state index in [1.165, 1.54) is 6.07 Å². The fourth-order valence-corrected chi connectivity index (χ4v) is 2.22. The van der Waals surface area contributed by atoms with Crippen LogP contribution >= 0.6 is 11.6 Å². The number of halogens is 2. The SMILES string of the molecule is CN(C)c1ncccc1CNC(=O)c1cc(Cl)cc(F)c1N. The standard InChI is InChI=1S/C15H16ClFN4O/c1-21(2)14-9(4-3-5-19-14)8-20-15(22)11-6-10(16)7-12(17)13(11)18/h3-7H,8,18H2,1-2H3,(H,20,22). The summed E-state index contributed by atoms with van der Waals surface area (Å²) >= 11 is 5.76. The molecule has 7 heteroatoms. The zero-order valence-corrected chi connectivity index (χ0v) is 13.0. The van der Waals surface area contributed by atoms with E-state index >= 15 is 0 Å². The van der Waals surface area contributed by atoms with Gasteiger partial charge < -0.3 is 16.0 Å². The number of nitrogens with two attached hydrogens (primary N) is 1. The van der Waals surface area contributed by atoms with Crippen molar-refractivity contribution in [2.75, 3.05) is 24.7 Å². The predicted molar refractivity (Wildman–Crippen MR) is 85.6 cm³/mol. The smallest absolute Gasteiger partial charge is 0.253 e. The van der Waals surface area contributed by atoms with Gasteiger partial charge in [-0.05, 0) is 18.2 Å². The maximum atomic E-state index is 13.5. The number of hydrogen-bond acceptors (Lipinski definition) is 4. The molecular weight excluding hydrogens is 307 g/mol. The van der Waals surface area contributed by atoms with Crippen molar-refractivity contribution in [3.05, 3.63) is 52.4 Å². The molecule has 1 heterocycles. The molecule has 2 rings (SSSR count). The Balaban J connectivity index is 2.18.